The van der Waals surface area contributed by atoms with Gasteiger partial charge in [-0.25, -0.2) is 0 Å². The van der Waals surface area contributed by atoms with Gasteiger partial charge in [-0.1, -0.05) is 29.8 Å². The second-order valence-corrected chi connectivity index (χ2v) is 9.80. The number of carbonyl (C=O) groups is 2. The van der Waals surface area contributed by atoms with Crippen molar-refractivity contribution in [2.24, 2.45) is 11.3 Å². The third-order valence-corrected chi connectivity index (χ3v) is 7.77. The van der Waals surface area contributed by atoms with Gasteiger partial charge in [0.25, 0.3) is 0 Å². The number of pyridine rings is 1. The van der Waals surface area contributed by atoms with Crippen LogP contribution in [0.25, 0.3) is 0 Å². The van der Waals surface area contributed by atoms with Crippen molar-refractivity contribution in [1.29, 1.82) is 0 Å². The van der Waals surface area contributed by atoms with E-state index in [1.54, 1.807) is 6.20 Å². The standard InChI is InChI=1S/C25H28ClN3O2/c26-19-6-4-18(5-7-19)25(9-10-25)23(31)29-15-11-24(12-16-29)17-21(24)22(30)28-14-8-20-3-1-2-13-27-20/h1-7,13,21H,8-12,14-17H2,(H,28,30). The SMILES string of the molecule is O=C(NCCc1ccccn1)C1CC12CCN(C(=O)C1(c3ccc(Cl)cc3)CC1)CC2. The smallest absolute Gasteiger partial charge is 0.233 e. The quantitative estimate of drug-likeness (QED) is 0.748. The molecule has 0 radical (unpaired) electrons. The van der Waals surface area contributed by atoms with E-state index in [4.69, 9.17) is 11.6 Å². The molecule has 5 rings (SSSR count). The van der Waals surface area contributed by atoms with Crippen LogP contribution in [-0.4, -0.2) is 41.3 Å². The minimum absolute atomic E-state index is 0.0969. The van der Waals surface area contributed by atoms with Gasteiger partial charge in [-0.05, 0) is 67.3 Å². The van der Waals surface area contributed by atoms with Gasteiger partial charge in [0, 0.05) is 48.9 Å². The number of nitrogens with one attached hydrogen (secondary N) is 1. The zero-order valence-electron chi connectivity index (χ0n) is 17.6. The Labute approximate surface area is 188 Å². The molecule has 2 heterocycles. The first-order valence-electron chi connectivity index (χ1n) is 11.3. The lowest BCUT2D eigenvalue weighted by molar-refractivity contribution is -0.135. The summed E-state index contributed by atoms with van der Waals surface area (Å²) in [7, 11) is 0. The van der Waals surface area contributed by atoms with Crippen LogP contribution in [0.5, 0.6) is 0 Å². The molecule has 2 aliphatic carbocycles. The number of piperidine rings is 1. The van der Waals surface area contributed by atoms with Crippen molar-refractivity contribution in [2.45, 2.75) is 43.9 Å². The van der Waals surface area contributed by atoms with Crippen molar-refractivity contribution < 1.29 is 9.59 Å². The summed E-state index contributed by atoms with van der Waals surface area (Å²) in [4.78, 5) is 32.3. The monoisotopic (exact) mass is 437 g/mol. The topological polar surface area (TPSA) is 62.3 Å². The van der Waals surface area contributed by atoms with Crippen LogP contribution < -0.4 is 5.32 Å². The lowest BCUT2D eigenvalue weighted by Gasteiger charge is -2.35. The molecular formula is C25H28ClN3O2. The van der Waals surface area contributed by atoms with Gasteiger partial charge in [0.1, 0.15) is 0 Å². The molecule has 1 aromatic carbocycles. The molecule has 162 valence electrons. The van der Waals surface area contributed by atoms with E-state index in [9.17, 15) is 9.59 Å². The van der Waals surface area contributed by atoms with E-state index in [-0.39, 0.29) is 28.6 Å². The number of benzene rings is 1. The van der Waals surface area contributed by atoms with Gasteiger partial charge in [0.15, 0.2) is 0 Å². The van der Waals surface area contributed by atoms with E-state index in [1.807, 2.05) is 47.4 Å². The lowest BCUT2D eigenvalue weighted by Crippen LogP contribution is -2.45. The maximum atomic E-state index is 13.3. The summed E-state index contributed by atoms with van der Waals surface area (Å²) in [5.41, 5.74) is 1.83. The van der Waals surface area contributed by atoms with Crippen LogP contribution in [0.1, 0.15) is 43.4 Å². The predicted molar refractivity (Wildman–Crippen MR) is 120 cm³/mol. The van der Waals surface area contributed by atoms with Crippen molar-refractivity contribution in [3.05, 3.63) is 64.9 Å². The molecule has 2 aromatic rings. The van der Waals surface area contributed by atoms with E-state index in [1.165, 1.54) is 0 Å². The number of nitrogens with zero attached hydrogens (tertiary/aromatic N) is 2. The van der Waals surface area contributed by atoms with Crippen LogP contribution in [0.15, 0.2) is 48.7 Å². The third-order valence-electron chi connectivity index (χ3n) is 7.52. The molecule has 6 heteroatoms. The Hall–Kier alpha value is -2.40. The second kappa shape index (κ2) is 7.94. The number of halogens is 1. The van der Waals surface area contributed by atoms with Gasteiger partial charge in [-0.3, -0.25) is 14.6 Å². The number of aromatic nitrogens is 1. The van der Waals surface area contributed by atoms with E-state index in [0.29, 0.717) is 11.6 Å². The van der Waals surface area contributed by atoms with Crippen LogP contribution in [0.4, 0.5) is 0 Å². The number of amides is 2. The highest BCUT2D eigenvalue weighted by Gasteiger charge is 2.60. The fourth-order valence-electron chi connectivity index (χ4n) is 5.23. The van der Waals surface area contributed by atoms with Gasteiger partial charge in [-0.15, -0.1) is 0 Å². The van der Waals surface area contributed by atoms with Gasteiger partial charge < -0.3 is 10.2 Å². The number of likely N-dealkylation sites (tertiary alicyclic amines) is 1. The van der Waals surface area contributed by atoms with Crippen LogP contribution in [-0.2, 0) is 21.4 Å². The van der Waals surface area contributed by atoms with E-state index < -0.39 is 0 Å². The Morgan fingerprint density at radius 1 is 1.06 bits per heavy atom. The predicted octanol–water partition coefficient (Wildman–Crippen LogP) is 3.75. The minimum atomic E-state index is -0.346. The van der Waals surface area contributed by atoms with E-state index in [0.717, 1.165) is 62.9 Å². The molecule has 31 heavy (non-hydrogen) atoms. The minimum Gasteiger partial charge on any atom is -0.355 e. The van der Waals surface area contributed by atoms with Crippen LogP contribution >= 0.6 is 11.6 Å². The molecule has 1 atom stereocenters. The number of carbonyl (C=O) groups excluding carboxylic acids is 2. The molecule has 3 fully saturated rings. The Bertz CT molecular complexity index is 964. The maximum Gasteiger partial charge on any atom is 0.233 e. The molecule has 1 N–H and O–H groups in total. The highest BCUT2D eigenvalue weighted by atomic mass is 35.5. The largest absolute Gasteiger partial charge is 0.355 e. The average molecular weight is 438 g/mol. The van der Waals surface area contributed by atoms with Crippen molar-refractivity contribution in [3.63, 3.8) is 0 Å². The molecular weight excluding hydrogens is 410 g/mol. The summed E-state index contributed by atoms with van der Waals surface area (Å²) in [5.74, 6) is 0.511. The zero-order valence-corrected chi connectivity index (χ0v) is 18.4. The second-order valence-electron chi connectivity index (χ2n) is 9.36. The summed E-state index contributed by atoms with van der Waals surface area (Å²) in [6, 6.07) is 13.6. The van der Waals surface area contributed by atoms with Gasteiger partial charge >= 0.3 is 0 Å². The summed E-state index contributed by atoms with van der Waals surface area (Å²) in [6.07, 6.45) is 7.16. The molecule has 1 unspecified atom stereocenters. The number of hydrogen-bond donors (Lipinski definition) is 1. The molecule has 1 aromatic heterocycles. The van der Waals surface area contributed by atoms with Crippen LogP contribution in [0, 0.1) is 11.3 Å². The Morgan fingerprint density at radius 2 is 1.81 bits per heavy atom. The lowest BCUT2D eigenvalue weighted by atomic mass is 9.88. The molecule has 1 aliphatic heterocycles. The summed E-state index contributed by atoms with van der Waals surface area (Å²) in [5, 5.41) is 3.79. The fraction of sp³-hybridized carbons (Fsp3) is 0.480. The van der Waals surface area contributed by atoms with Crippen molar-refractivity contribution >= 4 is 23.4 Å². The Kier molecular flexibility index (Phi) is 5.25. The third kappa shape index (κ3) is 3.96. The first-order valence-corrected chi connectivity index (χ1v) is 11.6. The molecule has 5 nitrogen and oxygen atoms in total. The molecule has 2 amide bonds. The van der Waals surface area contributed by atoms with Crippen molar-refractivity contribution in [1.82, 2.24) is 15.2 Å². The fourth-order valence-corrected chi connectivity index (χ4v) is 5.36. The maximum absolute atomic E-state index is 13.3. The van der Waals surface area contributed by atoms with Gasteiger partial charge in [0.2, 0.25) is 11.8 Å². The van der Waals surface area contributed by atoms with E-state index in [2.05, 4.69) is 10.3 Å². The highest BCUT2D eigenvalue weighted by Crippen LogP contribution is 2.60. The summed E-state index contributed by atoms with van der Waals surface area (Å²) in [6.45, 7) is 2.13. The first kappa shape index (κ1) is 20.5. The van der Waals surface area contributed by atoms with Crippen LogP contribution in [0.2, 0.25) is 5.02 Å². The number of rotatable bonds is 6. The van der Waals surface area contributed by atoms with Gasteiger partial charge in [-0.2, -0.15) is 0 Å². The Morgan fingerprint density at radius 3 is 2.45 bits per heavy atom. The molecule has 3 aliphatic rings. The van der Waals surface area contributed by atoms with Crippen LogP contribution in [0.3, 0.4) is 0 Å². The summed E-state index contributed by atoms with van der Waals surface area (Å²) >= 11 is 6.02. The molecule has 1 saturated heterocycles. The average Bonchev–Trinajstić information content (AvgIpc) is 3.71. The molecule has 1 spiro atoms. The van der Waals surface area contributed by atoms with Crippen molar-refractivity contribution in [3.8, 4) is 0 Å². The first-order chi connectivity index (χ1) is 15.0. The van der Waals surface area contributed by atoms with Crippen molar-refractivity contribution in [2.75, 3.05) is 19.6 Å². The number of hydrogen-bond acceptors (Lipinski definition) is 3. The van der Waals surface area contributed by atoms with Gasteiger partial charge in [0.05, 0.1) is 5.41 Å². The highest BCUT2D eigenvalue weighted by molar-refractivity contribution is 6.30. The summed E-state index contributed by atoms with van der Waals surface area (Å²) < 4.78 is 0. The zero-order chi connectivity index (χ0) is 21.5. The van der Waals surface area contributed by atoms with E-state index >= 15 is 0 Å². The molecule has 2 saturated carbocycles. The Balaban J connectivity index is 1.12. The molecule has 0 bridgehead atoms. The normalized spacial score (nSPS) is 22.7.